The molecule has 0 spiro atoms. The minimum atomic E-state index is -3.54. The lowest BCUT2D eigenvalue weighted by atomic mass is 9.92. The largest absolute Gasteiger partial charge is 0.389 e. The van der Waals surface area contributed by atoms with Crippen LogP contribution in [0.25, 0.3) is 5.65 Å². The van der Waals surface area contributed by atoms with Crippen molar-refractivity contribution in [2.24, 2.45) is 5.92 Å². The maximum Gasteiger partial charge on any atom is 0.232 e. The second-order valence-electron chi connectivity index (χ2n) is 9.59. The Bertz CT molecular complexity index is 1330. The van der Waals surface area contributed by atoms with Crippen LogP contribution in [0.5, 0.6) is 0 Å². The Morgan fingerprint density at radius 1 is 1.26 bits per heavy atom. The maximum atomic E-state index is 13.8. The van der Waals surface area contributed by atoms with E-state index >= 15 is 0 Å². The van der Waals surface area contributed by atoms with Gasteiger partial charge in [-0.25, -0.2) is 17.9 Å². The number of fused-ring (bicyclic) bond motifs is 1. The third kappa shape index (κ3) is 4.89. The molecule has 2 aromatic heterocycles. The fourth-order valence-electron chi connectivity index (χ4n) is 5.04. The number of hydrogen-bond donors (Lipinski definition) is 2. The van der Waals surface area contributed by atoms with Gasteiger partial charge >= 0.3 is 0 Å². The number of aryl methyl sites for hydroxylation is 1. The standard InChI is InChI=1S/C23H29ClN6O4S/c1-14-11-30-21(25-22(14)28-12-16(31)13-28)10-19(26-30)20-5-3-4-8-29(20)23(32)17-9-15(24)6-7-18(17)27-35(2,33)34/h6-7,10-11,16-17,20,27,31H,3-5,8-9,12-13H2,1-2H3/t17?,20-/m0/s1. The first-order valence-electron chi connectivity index (χ1n) is 11.7. The molecule has 2 saturated heterocycles. The van der Waals surface area contributed by atoms with Gasteiger partial charge in [0, 0.05) is 54.6 Å². The monoisotopic (exact) mass is 520 g/mol. The lowest BCUT2D eigenvalue weighted by Gasteiger charge is -2.38. The fraction of sp³-hybridized carbons (Fsp3) is 0.522. The number of aromatic nitrogens is 3. The summed E-state index contributed by atoms with van der Waals surface area (Å²) in [4.78, 5) is 22.4. The van der Waals surface area contributed by atoms with E-state index in [1.807, 2.05) is 29.0 Å². The fourth-order valence-corrected chi connectivity index (χ4v) is 5.90. The van der Waals surface area contributed by atoms with Gasteiger partial charge in [-0.1, -0.05) is 11.6 Å². The number of allylic oxidation sites excluding steroid dienone is 3. The molecule has 1 amide bonds. The van der Waals surface area contributed by atoms with Gasteiger partial charge in [0.1, 0.15) is 5.82 Å². The van der Waals surface area contributed by atoms with E-state index < -0.39 is 15.9 Å². The highest BCUT2D eigenvalue weighted by atomic mass is 35.5. The molecule has 2 N–H and O–H groups in total. The molecule has 2 aromatic rings. The van der Waals surface area contributed by atoms with Crippen molar-refractivity contribution < 1.29 is 18.3 Å². The lowest BCUT2D eigenvalue weighted by molar-refractivity contribution is -0.138. The Labute approximate surface area is 209 Å². The van der Waals surface area contributed by atoms with Crippen LogP contribution in [-0.4, -0.2) is 70.9 Å². The summed E-state index contributed by atoms with van der Waals surface area (Å²) >= 11 is 6.24. The molecule has 188 valence electrons. The van der Waals surface area contributed by atoms with E-state index in [1.165, 1.54) is 0 Å². The van der Waals surface area contributed by atoms with E-state index in [4.69, 9.17) is 21.7 Å². The zero-order valence-corrected chi connectivity index (χ0v) is 21.3. The quantitative estimate of drug-likeness (QED) is 0.617. The summed E-state index contributed by atoms with van der Waals surface area (Å²) in [5, 5.41) is 14.9. The highest BCUT2D eigenvalue weighted by Crippen LogP contribution is 2.36. The number of carbonyl (C=O) groups excluding carboxylic acids is 1. The van der Waals surface area contributed by atoms with Crippen molar-refractivity contribution in [3.8, 4) is 0 Å². The molecule has 0 saturated carbocycles. The number of hydrogen-bond acceptors (Lipinski definition) is 7. The van der Waals surface area contributed by atoms with Crippen molar-refractivity contribution >= 4 is 39.0 Å². The molecule has 2 aliphatic heterocycles. The number of nitrogens with zero attached hydrogens (tertiary/aromatic N) is 5. The first-order valence-corrected chi connectivity index (χ1v) is 14.0. The van der Waals surface area contributed by atoms with Crippen LogP contribution in [0.4, 0.5) is 5.82 Å². The minimum absolute atomic E-state index is 0.167. The maximum absolute atomic E-state index is 13.8. The number of likely N-dealkylation sites (tertiary alicyclic amines) is 1. The molecule has 12 heteroatoms. The molecular formula is C23H29ClN6O4S. The molecule has 5 rings (SSSR count). The summed E-state index contributed by atoms with van der Waals surface area (Å²) in [6.45, 7) is 3.65. The van der Waals surface area contributed by atoms with Crippen LogP contribution in [0.1, 0.15) is 43.0 Å². The smallest absolute Gasteiger partial charge is 0.232 e. The Morgan fingerprint density at radius 2 is 2.03 bits per heavy atom. The van der Waals surface area contributed by atoms with Gasteiger partial charge in [-0.05, 0) is 38.3 Å². The number of rotatable bonds is 5. The number of piperidine rings is 1. The number of halogens is 1. The van der Waals surface area contributed by atoms with E-state index in [0.29, 0.717) is 36.0 Å². The first kappa shape index (κ1) is 24.1. The number of sulfonamides is 1. The second kappa shape index (κ2) is 9.11. The Morgan fingerprint density at radius 3 is 2.74 bits per heavy atom. The van der Waals surface area contributed by atoms with Gasteiger partial charge in [-0.3, -0.25) is 9.52 Å². The number of aliphatic hydroxyl groups excluding tert-OH is 1. The van der Waals surface area contributed by atoms with Crippen LogP contribution >= 0.6 is 11.6 Å². The van der Waals surface area contributed by atoms with Crippen molar-refractivity contribution in [3.05, 3.63) is 46.4 Å². The highest BCUT2D eigenvalue weighted by molar-refractivity contribution is 7.88. The topological polar surface area (TPSA) is 120 Å². The summed E-state index contributed by atoms with van der Waals surface area (Å²) in [5.41, 5.74) is 2.73. The Hall–Kier alpha value is -2.63. The van der Waals surface area contributed by atoms with Gasteiger partial charge in [0.05, 0.1) is 30.0 Å². The Kier molecular flexibility index (Phi) is 6.27. The van der Waals surface area contributed by atoms with Gasteiger partial charge in [0.25, 0.3) is 0 Å². The Balaban J connectivity index is 1.44. The molecule has 2 atom stereocenters. The molecule has 2 fully saturated rings. The zero-order valence-electron chi connectivity index (χ0n) is 19.7. The number of aliphatic hydroxyl groups is 1. The molecule has 0 aromatic carbocycles. The number of carbonyl (C=O) groups is 1. The van der Waals surface area contributed by atoms with Crippen molar-refractivity contribution in [1.29, 1.82) is 0 Å². The van der Waals surface area contributed by atoms with Crippen LogP contribution in [0, 0.1) is 12.8 Å². The number of amides is 1. The van der Waals surface area contributed by atoms with Crippen molar-refractivity contribution in [1.82, 2.24) is 24.2 Å². The van der Waals surface area contributed by atoms with Crippen LogP contribution in [0.2, 0.25) is 0 Å². The third-order valence-electron chi connectivity index (χ3n) is 6.73. The van der Waals surface area contributed by atoms with E-state index in [2.05, 4.69) is 4.72 Å². The van der Waals surface area contributed by atoms with E-state index in [-0.39, 0.29) is 24.5 Å². The third-order valence-corrected chi connectivity index (χ3v) is 7.62. The highest BCUT2D eigenvalue weighted by Gasteiger charge is 2.37. The molecule has 10 nitrogen and oxygen atoms in total. The SMILES string of the molecule is Cc1cn2nc([C@@H]3CCCCN3C(=O)C3CC(Cl)=CC=C3NS(C)(=O)=O)cc2nc1N1CC(O)C1. The summed E-state index contributed by atoms with van der Waals surface area (Å²) in [7, 11) is -3.54. The zero-order chi connectivity index (χ0) is 24.9. The van der Waals surface area contributed by atoms with Crippen molar-refractivity contribution in [2.75, 3.05) is 30.8 Å². The number of anilines is 1. The molecule has 0 bridgehead atoms. The van der Waals surface area contributed by atoms with Gasteiger partial charge < -0.3 is 14.9 Å². The van der Waals surface area contributed by atoms with Crippen LogP contribution < -0.4 is 9.62 Å². The van der Waals surface area contributed by atoms with Gasteiger partial charge in [0.2, 0.25) is 15.9 Å². The average Bonchev–Trinajstić information content (AvgIpc) is 3.19. The summed E-state index contributed by atoms with van der Waals surface area (Å²) in [5.74, 6) is -0.0411. The lowest BCUT2D eigenvalue weighted by Crippen LogP contribution is -2.51. The molecule has 3 aliphatic rings. The van der Waals surface area contributed by atoms with Gasteiger partial charge in [-0.15, -0.1) is 0 Å². The number of β-amino-alcohol motifs (C(OH)–C–C–N with tert-alkyl or cyclic N) is 1. The van der Waals surface area contributed by atoms with Crippen LogP contribution in [-0.2, 0) is 14.8 Å². The first-order chi connectivity index (χ1) is 16.6. The van der Waals surface area contributed by atoms with Crippen molar-refractivity contribution in [3.63, 3.8) is 0 Å². The van der Waals surface area contributed by atoms with Crippen molar-refractivity contribution in [2.45, 2.75) is 44.8 Å². The number of nitrogens with one attached hydrogen (secondary N) is 1. The van der Waals surface area contributed by atoms with Crippen LogP contribution in [0.3, 0.4) is 0 Å². The average molecular weight is 521 g/mol. The molecule has 1 aliphatic carbocycles. The summed E-state index contributed by atoms with van der Waals surface area (Å²) in [6.07, 6.45) is 8.68. The van der Waals surface area contributed by atoms with E-state index in [9.17, 15) is 18.3 Å². The molecular weight excluding hydrogens is 492 g/mol. The van der Waals surface area contributed by atoms with E-state index in [0.717, 1.165) is 42.6 Å². The molecule has 4 heterocycles. The molecule has 0 radical (unpaired) electrons. The predicted molar refractivity (Wildman–Crippen MR) is 132 cm³/mol. The predicted octanol–water partition coefficient (Wildman–Crippen LogP) is 1.85. The van der Waals surface area contributed by atoms with Gasteiger partial charge in [0.15, 0.2) is 5.65 Å². The normalized spacial score (nSPS) is 23.7. The second-order valence-corrected chi connectivity index (χ2v) is 11.8. The minimum Gasteiger partial charge on any atom is -0.389 e. The van der Waals surface area contributed by atoms with Gasteiger partial charge in [-0.2, -0.15) is 5.10 Å². The molecule has 35 heavy (non-hydrogen) atoms. The van der Waals surface area contributed by atoms with Crippen LogP contribution in [0.15, 0.2) is 35.1 Å². The van der Waals surface area contributed by atoms with E-state index in [1.54, 1.807) is 16.7 Å². The summed E-state index contributed by atoms with van der Waals surface area (Å²) in [6, 6.07) is 1.67. The summed E-state index contributed by atoms with van der Waals surface area (Å²) < 4.78 is 28.0. The molecule has 1 unspecified atom stereocenters.